The highest BCUT2D eigenvalue weighted by Crippen LogP contribution is 2.21. The number of benzene rings is 1. The Hall–Kier alpha value is -2.10. The zero-order chi connectivity index (χ0) is 13.1. The van der Waals surface area contributed by atoms with E-state index >= 15 is 0 Å². The maximum atomic E-state index is 10.5. The molecule has 18 heavy (non-hydrogen) atoms. The summed E-state index contributed by atoms with van der Waals surface area (Å²) in [4.78, 5) is 18.1. The van der Waals surface area contributed by atoms with Gasteiger partial charge in [0.05, 0.1) is 12.1 Å². The Bertz CT molecular complexity index is 556. The molecule has 0 amide bonds. The number of aryl methyl sites for hydroxylation is 3. The van der Waals surface area contributed by atoms with Crippen molar-refractivity contribution >= 4 is 5.97 Å². The average Bonchev–Trinajstić information content (AvgIpc) is 2.69. The summed E-state index contributed by atoms with van der Waals surface area (Å²) in [7, 11) is 0. The van der Waals surface area contributed by atoms with E-state index < -0.39 is 5.97 Å². The molecule has 2 N–H and O–H groups in total. The normalized spacial score (nSPS) is 10.6. The molecule has 0 unspecified atom stereocenters. The lowest BCUT2D eigenvalue weighted by molar-refractivity contribution is -0.137. The SMILES string of the molecule is Cc1ccc(-c2nc(CCC(=O)O)[nH]c2C)cc1. The summed E-state index contributed by atoms with van der Waals surface area (Å²) in [5, 5.41) is 8.66. The number of carbonyl (C=O) groups is 1. The number of aromatic nitrogens is 2. The number of carboxylic acid groups (broad SMARTS) is 1. The second-order valence-electron chi connectivity index (χ2n) is 4.42. The molecule has 0 aliphatic carbocycles. The van der Waals surface area contributed by atoms with Crippen LogP contribution in [-0.4, -0.2) is 21.0 Å². The maximum absolute atomic E-state index is 10.5. The van der Waals surface area contributed by atoms with Crippen molar-refractivity contribution in [3.8, 4) is 11.3 Å². The number of aliphatic carboxylic acids is 1. The second-order valence-corrected chi connectivity index (χ2v) is 4.42. The molecule has 0 bridgehead atoms. The van der Waals surface area contributed by atoms with Crippen LogP contribution in [0, 0.1) is 13.8 Å². The summed E-state index contributed by atoms with van der Waals surface area (Å²) in [6.07, 6.45) is 0.530. The van der Waals surface area contributed by atoms with Gasteiger partial charge in [0, 0.05) is 17.7 Å². The highest BCUT2D eigenvalue weighted by atomic mass is 16.4. The molecule has 4 heteroatoms. The first-order chi connectivity index (χ1) is 8.56. The highest BCUT2D eigenvalue weighted by molar-refractivity contribution is 5.67. The van der Waals surface area contributed by atoms with E-state index in [-0.39, 0.29) is 6.42 Å². The predicted octanol–water partition coefficient (Wildman–Crippen LogP) is 2.71. The average molecular weight is 244 g/mol. The smallest absolute Gasteiger partial charge is 0.303 e. The van der Waals surface area contributed by atoms with Gasteiger partial charge in [0.25, 0.3) is 0 Å². The van der Waals surface area contributed by atoms with Gasteiger partial charge in [-0.2, -0.15) is 0 Å². The van der Waals surface area contributed by atoms with Crippen LogP contribution in [0.2, 0.25) is 0 Å². The predicted molar refractivity (Wildman–Crippen MR) is 69.5 cm³/mol. The number of nitrogens with zero attached hydrogens (tertiary/aromatic N) is 1. The monoisotopic (exact) mass is 244 g/mol. The summed E-state index contributed by atoms with van der Waals surface area (Å²) in [6.45, 7) is 3.99. The van der Waals surface area contributed by atoms with Crippen molar-refractivity contribution in [1.82, 2.24) is 9.97 Å². The first kappa shape index (κ1) is 12.4. The van der Waals surface area contributed by atoms with Crippen LogP contribution in [0.25, 0.3) is 11.3 Å². The Morgan fingerprint density at radius 2 is 1.94 bits per heavy atom. The van der Waals surface area contributed by atoms with Gasteiger partial charge in [0.1, 0.15) is 5.82 Å². The Balaban J connectivity index is 2.23. The number of aromatic amines is 1. The zero-order valence-electron chi connectivity index (χ0n) is 10.5. The van der Waals surface area contributed by atoms with E-state index in [0.29, 0.717) is 6.42 Å². The third-order valence-corrected chi connectivity index (χ3v) is 2.83. The van der Waals surface area contributed by atoms with Gasteiger partial charge in [0.2, 0.25) is 0 Å². The van der Waals surface area contributed by atoms with Crippen LogP contribution in [0.1, 0.15) is 23.5 Å². The van der Waals surface area contributed by atoms with E-state index in [9.17, 15) is 4.79 Å². The van der Waals surface area contributed by atoms with Gasteiger partial charge in [-0.3, -0.25) is 4.79 Å². The summed E-state index contributed by atoms with van der Waals surface area (Å²) < 4.78 is 0. The Morgan fingerprint density at radius 3 is 2.56 bits per heavy atom. The Kier molecular flexibility index (Phi) is 3.46. The lowest BCUT2D eigenvalue weighted by Crippen LogP contribution is -1.98. The van der Waals surface area contributed by atoms with Crippen LogP contribution in [0.5, 0.6) is 0 Å². The quantitative estimate of drug-likeness (QED) is 0.869. The minimum Gasteiger partial charge on any atom is -0.481 e. The van der Waals surface area contributed by atoms with E-state index in [1.807, 2.05) is 38.1 Å². The van der Waals surface area contributed by atoms with Crippen molar-refractivity contribution in [2.75, 3.05) is 0 Å². The van der Waals surface area contributed by atoms with Crippen molar-refractivity contribution in [1.29, 1.82) is 0 Å². The van der Waals surface area contributed by atoms with Crippen molar-refractivity contribution in [2.45, 2.75) is 26.7 Å². The summed E-state index contributed by atoms with van der Waals surface area (Å²) >= 11 is 0. The largest absolute Gasteiger partial charge is 0.481 e. The molecule has 1 heterocycles. The molecular weight excluding hydrogens is 228 g/mol. The number of hydrogen-bond acceptors (Lipinski definition) is 2. The first-order valence-corrected chi connectivity index (χ1v) is 5.90. The van der Waals surface area contributed by atoms with Crippen molar-refractivity contribution in [3.63, 3.8) is 0 Å². The molecule has 94 valence electrons. The number of hydrogen-bond donors (Lipinski definition) is 2. The van der Waals surface area contributed by atoms with E-state index in [1.165, 1.54) is 5.56 Å². The lowest BCUT2D eigenvalue weighted by Gasteiger charge is -1.98. The molecule has 4 nitrogen and oxygen atoms in total. The topological polar surface area (TPSA) is 66.0 Å². The van der Waals surface area contributed by atoms with Gasteiger partial charge in [-0.05, 0) is 13.8 Å². The number of carboxylic acids is 1. The van der Waals surface area contributed by atoms with Crippen LogP contribution in [-0.2, 0) is 11.2 Å². The van der Waals surface area contributed by atoms with Gasteiger partial charge in [-0.15, -0.1) is 0 Å². The summed E-state index contributed by atoms with van der Waals surface area (Å²) in [6, 6.07) is 8.14. The van der Waals surface area contributed by atoms with Gasteiger partial charge in [0.15, 0.2) is 0 Å². The molecule has 1 aromatic carbocycles. The van der Waals surface area contributed by atoms with E-state index in [4.69, 9.17) is 5.11 Å². The standard InChI is InChI=1S/C14H16N2O2/c1-9-3-5-11(6-4-9)14-10(2)15-12(16-14)7-8-13(17)18/h3-6H,7-8H2,1-2H3,(H,15,16)(H,17,18). The van der Waals surface area contributed by atoms with Crippen molar-refractivity contribution in [2.24, 2.45) is 0 Å². The molecule has 0 fully saturated rings. The minimum atomic E-state index is -0.805. The van der Waals surface area contributed by atoms with Crippen LogP contribution in [0.15, 0.2) is 24.3 Å². The zero-order valence-corrected chi connectivity index (χ0v) is 10.5. The van der Waals surface area contributed by atoms with Gasteiger partial charge < -0.3 is 10.1 Å². The fraction of sp³-hybridized carbons (Fsp3) is 0.286. The van der Waals surface area contributed by atoms with Crippen molar-refractivity contribution in [3.05, 3.63) is 41.3 Å². The number of H-pyrrole nitrogens is 1. The lowest BCUT2D eigenvalue weighted by atomic mass is 10.1. The number of rotatable bonds is 4. The summed E-state index contributed by atoms with van der Waals surface area (Å²) in [5.74, 6) is -0.0774. The van der Waals surface area contributed by atoms with Crippen LogP contribution in [0.4, 0.5) is 0 Å². The molecule has 1 aromatic heterocycles. The minimum absolute atomic E-state index is 0.0975. The number of nitrogens with one attached hydrogen (secondary N) is 1. The molecule has 0 atom stereocenters. The van der Waals surface area contributed by atoms with E-state index in [0.717, 1.165) is 22.8 Å². The molecule has 0 aliphatic heterocycles. The van der Waals surface area contributed by atoms with Gasteiger partial charge >= 0.3 is 5.97 Å². The molecule has 0 radical (unpaired) electrons. The molecule has 0 aliphatic rings. The highest BCUT2D eigenvalue weighted by Gasteiger charge is 2.09. The fourth-order valence-corrected chi connectivity index (χ4v) is 1.86. The molecule has 2 rings (SSSR count). The van der Waals surface area contributed by atoms with E-state index in [1.54, 1.807) is 0 Å². The van der Waals surface area contributed by atoms with Crippen LogP contribution < -0.4 is 0 Å². The molecule has 0 spiro atoms. The third kappa shape index (κ3) is 2.77. The second kappa shape index (κ2) is 5.04. The number of imidazole rings is 1. The third-order valence-electron chi connectivity index (χ3n) is 2.83. The molecule has 2 aromatic rings. The van der Waals surface area contributed by atoms with Crippen LogP contribution in [0.3, 0.4) is 0 Å². The Morgan fingerprint density at radius 1 is 1.28 bits per heavy atom. The van der Waals surface area contributed by atoms with Crippen LogP contribution >= 0.6 is 0 Å². The fourth-order valence-electron chi connectivity index (χ4n) is 1.86. The molecule has 0 saturated heterocycles. The van der Waals surface area contributed by atoms with Crippen molar-refractivity contribution < 1.29 is 9.90 Å². The molecular formula is C14H16N2O2. The van der Waals surface area contributed by atoms with Gasteiger partial charge in [-0.25, -0.2) is 4.98 Å². The van der Waals surface area contributed by atoms with Gasteiger partial charge in [-0.1, -0.05) is 29.8 Å². The molecule has 0 saturated carbocycles. The Labute approximate surface area is 106 Å². The van der Waals surface area contributed by atoms with E-state index in [2.05, 4.69) is 9.97 Å². The first-order valence-electron chi connectivity index (χ1n) is 5.90. The maximum Gasteiger partial charge on any atom is 0.303 e. The summed E-state index contributed by atoms with van der Waals surface area (Å²) in [5.41, 5.74) is 4.13.